The van der Waals surface area contributed by atoms with Gasteiger partial charge in [0, 0.05) is 5.02 Å². The fraction of sp³-hybridized carbons (Fsp3) is 0.111. The van der Waals surface area contributed by atoms with Gasteiger partial charge in [0.1, 0.15) is 0 Å². The zero-order valence-corrected chi connectivity index (χ0v) is 16.2. The number of nitrogens with one attached hydrogen (secondary N) is 2. The van der Waals surface area contributed by atoms with Crippen molar-refractivity contribution in [2.24, 2.45) is 0 Å². The fourth-order valence-electron chi connectivity index (χ4n) is 2.13. The zero-order valence-electron chi connectivity index (χ0n) is 14.7. The van der Waals surface area contributed by atoms with Crippen molar-refractivity contribution >= 4 is 58.3 Å². The molecule has 0 heterocycles. The number of halogens is 2. The third-order valence-electron chi connectivity index (χ3n) is 3.48. The standard InChI is InChI=1S/C18H14Cl2N2O6/c1-27-17(25)9-3-5-11(18(26)28-2)13(7-9)21-15(23)16(24)22-14-8-10(19)4-6-12(14)20/h3-8H,1-2H3,(H,21,23)(H,22,24). The Balaban J connectivity index is 2.27. The molecule has 2 aromatic rings. The number of ether oxygens (including phenoxy) is 2. The lowest BCUT2D eigenvalue weighted by molar-refractivity contribution is -0.133. The molecule has 146 valence electrons. The molecular formula is C18H14Cl2N2O6. The molecular weight excluding hydrogens is 411 g/mol. The molecule has 2 aromatic carbocycles. The summed E-state index contributed by atoms with van der Waals surface area (Å²) in [6.45, 7) is 0. The van der Waals surface area contributed by atoms with Gasteiger partial charge in [-0.15, -0.1) is 0 Å². The number of hydrogen-bond donors (Lipinski definition) is 2. The highest BCUT2D eigenvalue weighted by molar-refractivity contribution is 6.45. The van der Waals surface area contributed by atoms with Crippen molar-refractivity contribution in [2.75, 3.05) is 24.9 Å². The van der Waals surface area contributed by atoms with E-state index in [-0.39, 0.29) is 27.5 Å². The number of anilines is 2. The van der Waals surface area contributed by atoms with E-state index in [1.54, 1.807) is 0 Å². The van der Waals surface area contributed by atoms with Crippen molar-refractivity contribution in [3.63, 3.8) is 0 Å². The molecule has 0 atom stereocenters. The normalized spacial score (nSPS) is 10.0. The predicted molar refractivity (Wildman–Crippen MR) is 103 cm³/mol. The van der Waals surface area contributed by atoms with E-state index in [1.807, 2.05) is 0 Å². The number of carbonyl (C=O) groups excluding carboxylic acids is 4. The van der Waals surface area contributed by atoms with Gasteiger partial charge in [-0.3, -0.25) is 9.59 Å². The third kappa shape index (κ3) is 4.99. The molecule has 0 unspecified atom stereocenters. The first-order valence-corrected chi connectivity index (χ1v) is 8.40. The van der Waals surface area contributed by atoms with E-state index < -0.39 is 23.8 Å². The van der Waals surface area contributed by atoms with Crippen LogP contribution in [-0.2, 0) is 19.1 Å². The summed E-state index contributed by atoms with van der Waals surface area (Å²) >= 11 is 11.8. The Kier molecular flexibility index (Phi) is 6.97. The number of rotatable bonds is 4. The van der Waals surface area contributed by atoms with Gasteiger partial charge in [0.05, 0.1) is 41.7 Å². The minimum Gasteiger partial charge on any atom is -0.465 e. The van der Waals surface area contributed by atoms with Crippen molar-refractivity contribution in [1.29, 1.82) is 0 Å². The molecule has 2 N–H and O–H groups in total. The highest BCUT2D eigenvalue weighted by Crippen LogP contribution is 2.25. The van der Waals surface area contributed by atoms with Crippen LogP contribution in [0.3, 0.4) is 0 Å². The molecule has 28 heavy (non-hydrogen) atoms. The van der Waals surface area contributed by atoms with E-state index in [1.165, 1.54) is 43.5 Å². The summed E-state index contributed by atoms with van der Waals surface area (Å²) in [5.74, 6) is -3.64. The van der Waals surface area contributed by atoms with Gasteiger partial charge in [0.25, 0.3) is 0 Å². The van der Waals surface area contributed by atoms with Crippen LogP contribution in [-0.4, -0.2) is 38.0 Å². The molecule has 0 saturated heterocycles. The van der Waals surface area contributed by atoms with Gasteiger partial charge in [0.15, 0.2) is 0 Å². The van der Waals surface area contributed by atoms with Gasteiger partial charge in [-0.05, 0) is 36.4 Å². The Morgan fingerprint density at radius 2 is 1.39 bits per heavy atom. The van der Waals surface area contributed by atoms with Crippen molar-refractivity contribution in [2.45, 2.75) is 0 Å². The van der Waals surface area contributed by atoms with Gasteiger partial charge in [-0.2, -0.15) is 0 Å². The Hall–Kier alpha value is -3.10. The minimum absolute atomic E-state index is 0.0582. The molecule has 2 rings (SSSR count). The molecule has 0 fully saturated rings. The molecule has 0 aliphatic heterocycles. The average Bonchev–Trinajstić information content (AvgIpc) is 2.69. The molecule has 0 aliphatic rings. The monoisotopic (exact) mass is 424 g/mol. The zero-order chi connectivity index (χ0) is 20.8. The number of amides is 2. The first kappa shape index (κ1) is 21.2. The van der Waals surface area contributed by atoms with Crippen LogP contribution >= 0.6 is 23.2 Å². The third-order valence-corrected chi connectivity index (χ3v) is 4.04. The van der Waals surface area contributed by atoms with Crippen molar-refractivity contribution < 1.29 is 28.7 Å². The van der Waals surface area contributed by atoms with Crippen LogP contribution < -0.4 is 10.6 Å². The van der Waals surface area contributed by atoms with Gasteiger partial charge in [-0.25, -0.2) is 9.59 Å². The minimum atomic E-state index is -1.11. The molecule has 0 aliphatic carbocycles. The first-order valence-electron chi connectivity index (χ1n) is 7.65. The van der Waals surface area contributed by atoms with Crippen LogP contribution in [0.15, 0.2) is 36.4 Å². The summed E-state index contributed by atoms with van der Waals surface area (Å²) in [6, 6.07) is 8.11. The van der Waals surface area contributed by atoms with E-state index in [9.17, 15) is 19.2 Å². The molecule has 0 bridgehead atoms. The topological polar surface area (TPSA) is 111 Å². The summed E-state index contributed by atoms with van der Waals surface area (Å²) in [4.78, 5) is 48.0. The lowest BCUT2D eigenvalue weighted by atomic mass is 10.1. The van der Waals surface area contributed by atoms with Crippen molar-refractivity contribution in [1.82, 2.24) is 0 Å². The smallest absolute Gasteiger partial charge is 0.339 e. The average molecular weight is 425 g/mol. The van der Waals surface area contributed by atoms with Crippen LogP contribution in [0, 0.1) is 0 Å². The number of esters is 2. The van der Waals surface area contributed by atoms with E-state index >= 15 is 0 Å². The van der Waals surface area contributed by atoms with Crippen molar-refractivity contribution in [3.05, 3.63) is 57.6 Å². The summed E-state index contributed by atoms with van der Waals surface area (Å²) in [7, 11) is 2.33. The number of carbonyl (C=O) groups is 4. The van der Waals surface area contributed by atoms with E-state index in [0.29, 0.717) is 5.02 Å². The second kappa shape index (κ2) is 9.20. The van der Waals surface area contributed by atoms with Gasteiger partial charge >= 0.3 is 23.8 Å². The molecule has 0 radical (unpaired) electrons. The summed E-state index contributed by atoms with van der Waals surface area (Å²) in [5, 5.41) is 5.05. The molecule has 0 saturated carbocycles. The largest absolute Gasteiger partial charge is 0.465 e. The second-order valence-electron chi connectivity index (χ2n) is 5.28. The fourth-order valence-corrected chi connectivity index (χ4v) is 2.47. The van der Waals surface area contributed by atoms with E-state index in [2.05, 4.69) is 20.1 Å². The van der Waals surface area contributed by atoms with E-state index in [0.717, 1.165) is 7.11 Å². The highest BCUT2D eigenvalue weighted by Gasteiger charge is 2.21. The highest BCUT2D eigenvalue weighted by atomic mass is 35.5. The molecule has 0 spiro atoms. The maximum atomic E-state index is 12.3. The Morgan fingerprint density at radius 3 is 2.00 bits per heavy atom. The molecule has 8 nitrogen and oxygen atoms in total. The van der Waals surface area contributed by atoms with E-state index in [4.69, 9.17) is 23.2 Å². The Bertz CT molecular complexity index is 961. The summed E-state index contributed by atoms with van der Waals surface area (Å²) in [5.41, 5.74) is 0.0266. The van der Waals surface area contributed by atoms with Gasteiger partial charge < -0.3 is 20.1 Å². The molecule has 10 heteroatoms. The van der Waals surface area contributed by atoms with Crippen LogP contribution in [0.4, 0.5) is 11.4 Å². The number of benzene rings is 2. The second-order valence-corrected chi connectivity index (χ2v) is 6.12. The quantitative estimate of drug-likeness (QED) is 0.575. The maximum Gasteiger partial charge on any atom is 0.339 e. The maximum absolute atomic E-state index is 12.3. The van der Waals surface area contributed by atoms with Crippen LogP contribution in [0.2, 0.25) is 10.0 Å². The first-order chi connectivity index (χ1) is 13.3. The van der Waals surface area contributed by atoms with Crippen LogP contribution in [0.1, 0.15) is 20.7 Å². The predicted octanol–water partition coefficient (Wildman–Crippen LogP) is 3.14. The van der Waals surface area contributed by atoms with Crippen molar-refractivity contribution in [3.8, 4) is 0 Å². The summed E-state index contributed by atoms with van der Waals surface area (Å²) < 4.78 is 9.23. The SMILES string of the molecule is COC(=O)c1ccc(C(=O)OC)c(NC(=O)C(=O)Nc2cc(Cl)ccc2Cl)c1. The Morgan fingerprint density at radius 1 is 0.786 bits per heavy atom. The van der Waals surface area contributed by atoms with Crippen LogP contribution in [0.5, 0.6) is 0 Å². The Labute approximate surface area is 169 Å². The lowest BCUT2D eigenvalue weighted by Gasteiger charge is -2.12. The molecule has 2 amide bonds. The lowest BCUT2D eigenvalue weighted by Crippen LogP contribution is -2.30. The van der Waals surface area contributed by atoms with Gasteiger partial charge in [0.2, 0.25) is 0 Å². The number of hydrogen-bond acceptors (Lipinski definition) is 6. The molecule has 0 aromatic heterocycles. The van der Waals surface area contributed by atoms with Gasteiger partial charge in [-0.1, -0.05) is 23.2 Å². The number of methoxy groups -OCH3 is 2. The van der Waals surface area contributed by atoms with Crippen LogP contribution in [0.25, 0.3) is 0 Å². The summed E-state index contributed by atoms with van der Waals surface area (Å²) in [6.07, 6.45) is 0.